The molecular formula is C12H14F3N3. The number of nitrogens with zero attached hydrogens (tertiary/aromatic N) is 2. The fourth-order valence-electron chi connectivity index (χ4n) is 1.42. The first kappa shape index (κ1) is 14.3. The van der Waals surface area contributed by atoms with E-state index >= 15 is 0 Å². The highest BCUT2D eigenvalue weighted by Crippen LogP contribution is 2.19. The lowest BCUT2D eigenvalue weighted by Crippen LogP contribution is -2.31. The molecule has 0 heterocycles. The Hall–Kier alpha value is -1.74. The number of anilines is 1. The zero-order chi connectivity index (χ0) is 13.8. The second kappa shape index (κ2) is 5.74. The second-order valence-corrected chi connectivity index (χ2v) is 4.04. The summed E-state index contributed by atoms with van der Waals surface area (Å²) in [5.41, 5.74) is 1.44. The molecule has 0 fully saturated rings. The topological polar surface area (TPSA) is 39.1 Å². The van der Waals surface area contributed by atoms with E-state index in [-0.39, 0.29) is 0 Å². The number of nitriles is 1. The molecule has 98 valence electrons. The number of alkyl halides is 3. The molecule has 0 aliphatic heterocycles. The van der Waals surface area contributed by atoms with E-state index in [1.165, 1.54) is 0 Å². The van der Waals surface area contributed by atoms with Crippen LogP contribution < -0.4 is 10.2 Å². The average Bonchev–Trinajstić information content (AvgIpc) is 2.29. The van der Waals surface area contributed by atoms with Gasteiger partial charge < -0.3 is 4.90 Å². The smallest absolute Gasteiger partial charge is 0.378 e. The minimum Gasteiger partial charge on any atom is -0.378 e. The summed E-state index contributed by atoms with van der Waals surface area (Å²) in [4.78, 5) is 1.87. The van der Waals surface area contributed by atoms with Gasteiger partial charge in [0.2, 0.25) is 0 Å². The Bertz CT molecular complexity index is 418. The van der Waals surface area contributed by atoms with Crippen LogP contribution in [-0.2, 0) is 0 Å². The number of halogens is 3. The second-order valence-electron chi connectivity index (χ2n) is 4.04. The van der Waals surface area contributed by atoms with Crippen LogP contribution in [0.5, 0.6) is 0 Å². The van der Waals surface area contributed by atoms with Crippen molar-refractivity contribution >= 4 is 5.69 Å². The van der Waals surface area contributed by atoms with E-state index in [1.807, 2.05) is 25.1 Å². The molecule has 0 aliphatic carbocycles. The fraction of sp³-hybridized carbons (Fsp3) is 0.417. The van der Waals surface area contributed by atoms with Gasteiger partial charge in [0, 0.05) is 19.8 Å². The predicted molar refractivity (Wildman–Crippen MR) is 63.2 cm³/mol. The largest absolute Gasteiger partial charge is 0.401 e. The van der Waals surface area contributed by atoms with E-state index in [0.717, 1.165) is 5.69 Å². The molecule has 0 spiro atoms. The van der Waals surface area contributed by atoms with Crippen molar-refractivity contribution in [1.29, 1.82) is 5.26 Å². The molecule has 1 unspecified atom stereocenters. The van der Waals surface area contributed by atoms with Gasteiger partial charge >= 0.3 is 6.18 Å². The van der Waals surface area contributed by atoms with Crippen LogP contribution in [0, 0.1) is 11.3 Å². The Balaban J connectivity index is 2.74. The lowest BCUT2D eigenvalue weighted by molar-refractivity contribution is -0.125. The van der Waals surface area contributed by atoms with Gasteiger partial charge in [0.15, 0.2) is 0 Å². The summed E-state index contributed by atoms with van der Waals surface area (Å²) < 4.78 is 36.2. The van der Waals surface area contributed by atoms with Gasteiger partial charge in [0.25, 0.3) is 0 Å². The summed E-state index contributed by atoms with van der Waals surface area (Å²) in [6, 6.07) is 7.67. The monoisotopic (exact) mass is 257 g/mol. The van der Waals surface area contributed by atoms with Crippen molar-refractivity contribution in [3.63, 3.8) is 0 Å². The Morgan fingerprint density at radius 1 is 1.28 bits per heavy atom. The molecule has 1 aromatic carbocycles. The van der Waals surface area contributed by atoms with Crippen LogP contribution in [0.15, 0.2) is 24.3 Å². The fourth-order valence-corrected chi connectivity index (χ4v) is 1.42. The first-order valence-corrected chi connectivity index (χ1v) is 5.30. The molecule has 3 nitrogen and oxygen atoms in total. The number of hydrogen-bond donors (Lipinski definition) is 1. The molecule has 1 N–H and O–H groups in total. The van der Waals surface area contributed by atoms with Crippen LogP contribution in [-0.4, -0.2) is 26.8 Å². The Kier molecular flexibility index (Phi) is 4.56. The third-order valence-corrected chi connectivity index (χ3v) is 2.38. The van der Waals surface area contributed by atoms with Crippen LogP contribution in [0.2, 0.25) is 0 Å². The predicted octanol–water partition coefficient (Wildman–Crippen LogP) is 2.47. The highest BCUT2D eigenvalue weighted by molar-refractivity contribution is 5.47. The third-order valence-electron chi connectivity index (χ3n) is 2.38. The standard InChI is InChI=1S/C12H14F3N3/c1-18(2)10-5-3-9(4-6-10)11(7-16)17-8-12(13,14)15/h3-6,11,17H,8H2,1-2H3. The van der Waals surface area contributed by atoms with Crippen LogP contribution in [0.4, 0.5) is 18.9 Å². The highest BCUT2D eigenvalue weighted by Gasteiger charge is 2.28. The molecule has 0 aliphatic rings. The first-order valence-electron chi connectivity index (χ1n) is 5.30. The maximum Gasteiger partial charge on any atom is 0.401 e. The molecule has 6 heteroatoms. The SMILES string of the molecule is CN(C)c1ccc(C(C#N)NCC(F)(F)F)cc1. The molecule has 18 heavy (non-hydrogen) atoms. The normalized spacial score (nSPS) is 12.9. The summed E-state index contributed by atoms with van der Waals surface area (Å²) in [7, 11) is 3.72. The first-order chi connectivity index (χ1) is 8.33. The number of benzene rings is 1. The summed E-state index contributed by atoms with van der Waals surface area (Å²) in [5, 5.41) is 11.0. The van der Waals surface area contributed by atoms with Crippen molar-refractivity contribution in [2.75, 3.05) is 25.5 Å². The molecule has 1 aromatic rings. The number of nitrogens with one attached hydrogen (secondary N) is 1. The van der Waals surface area contributed by atoms with Gasteiger partial charge in [-0.25, -0.2) is 0 Å². The van der Waals surface area contributed by atoms with Gasteiger partial charge in [0.05, 0.1) is 12.6 Å². The third kappa shape index (κ3) is 4.26. The van der Waals surface area contributed by atoms with Gasteiger partial charge in [-0.2, -0.15) is 18.4 Å². The van der Waals surface area contributed by atoms with Gasteiger partial charge in [-0.05, 0) is 17.7 Å². The van der Waals surface area contributed by atoms with Gasteiger partial charge in [-0.1, -0.05) is 12.1 Å². The number of hydrogen-bond acceptors (Lipinski definition) is 3. The van der Waals surface area contributed by atoms with Crippen molar-refractivity contribution < 1.29 is 13.2 Å². The van der Waals surface area contributed by atoms with Crippen LogP contribution >= 0.6 is 0 Å². The quantitative estimate of drug-likeness (QED) is 0.900. The highest BCUT2D eigenvalue weighted by atomic mass is 19.4. The summed E-state index contributed by atoms with van der Waals surface area (Å²) in [6.45, 7) is -1.18. The van der Waals surface area contributed by atoms with Crippen molar-refractivity contribution in [1.82, 2.24) is 5.32 Å². The van der Waals surface area contributed by atoms with Gasteiger partial charge in [0.1, 0.15) is 6.04 Å². The summed E-state index contributed by atoms with van der Waals surface area (Å²) in [5.74, 6) is 0. The van der Waals surface area contributed by atoms with E-state index in [4.69, 9.17) is 5.26 Å². The van der Waals surface area contributed by atoms with Crippen LogP contribution in [0.1, 0.15) is 11.6 Å². The molecule has 0 radical (unpaired) electrons. The van der Waals surface area contributed by atoms with Crippen LogP contribution in [0.25, 0.3) is 0 Å². The average molecular weight is 257 g/mol. The van der Waals surface area contributed by atoms with Crippen molar-refractivity contribution in [2.45, 2.75) is 12.2 Å². The maximum absolute atomic E-state index is 12.1. The molecule has 0 saturated carbocycles. The van der Waals surface area contributed by atoms with E-state index < -0.39 is 18.8 Å². The Morgan fingerprint density at radius 3 is 2.22 bits per heavy atom. The minimum absolute atomic E-state index is 0.521. The molecule has 1 rings (SSSR count). The zero-order valence-corrected chi connectivity index (χ0v) is 10.1. The van der Waals surface area contributed by atoms with Crippen molar-refractivity contribution in [2.24, 2.45) is 0 Å². The van der Waals surface area contributed by atoms with E-state index in [2.05, 4.69) is 5.32 Å². The molecular weight excluding hydrogens is 243 g/mol. The Labute approximate surface area is 104 Å². The van der Waals surface area contributed by atoms with E-state index in [0.29, 0.717) is 5.56 Å². The molecule has 0 aromatic heterocycles. The minimum atomic E-state index is -4.32. The zero-order valence-electron chi connectivity index (χ0n) is 10.1. The van der Waals surface area contributed by atoms with E-state index in [9.17, 15) is 13.2 Å². The van der Waals surface area contributed by atoms with Crippen molar-refractivity contribution in [3.8, 4) is 6.07 Å². The molecule has 1 atom stereocenters. The molecule has 0 amide bonds. The van der Waals surface area contributed by atoms with E-state index in [1.54, 1.807) is 24.3 Å². The maximum atomic E-state index is 12.1. The Morgan fingerprint density at radius 2 is 1.83 bits per heavy atom. The lowest BCUT2D eigenvalue weighted by Gasteiger charge is -2.16. The van der Waals surface area contributed by atoms with Crippen molar-refractivity contribution in [3.05, 3.63) is 29.8 Å². The van der Waals surface area contributed by atoms with Gasteiger partial charge in [-0.3, -0.25) is 5.32 Å². The summed E-state index contributed by atoms with van der Waals surface area (Å²) in [6.07, 6.45) is -4.32. The summed E-state index contributed by atoms with van der Waals surface area (Å²) >= 11 is 0. The molecule has 0 bridgehead atoms. The van der Waals surface area contributed by atoms with Crippen LogP contribution in [0.3, 0.4) is 0 Å². The number of rotatable bonds is 4. The molecule has 0 saturated heterocycles. The van der Waals surface area contributed by atoms with Gasteiger partial charge in [-0.15, -0.1) is 0 Å². The lowest BCUT2D eigenvalue weighted by atomic mass is 10.1.